The highest BCUT2D eigenvalue weighted by Gasteiger charge is 2.29. The van der Waals surface area contributed by atoms with Gasteiger partial charge in [-0.2, -0.15) is 0 Å². The maximum absolute atomic E-state index is 12.7. The van der Waals surface area contributed by atoms with Crippen molar-refractivity contribution in [3.05, 3.63) is 83.9 Å². The summed E-state index contributed by atoms with van der Waals surface area (Å²) >= 11 is 0. The zero-order chi connectivity index (χ0) is 30.1. The third-order valence-corrected chi connectivity index (χ3v) is 7.78. The molecule has 0 bridgehead atoms. The molecule has 1 aliphatic heterocycles. The largest absolute Gasteiger partial charge is 0.478 e. The van der Waals surface area contributed by atoms with E-state index >= 15 is 0 Å². The van der Waals surface area contributed by atoms with E-state index in [0.717, 1.165) is 57.0 Å². The van der Waals surface area contributed by atoms with E-state index in [9.17, 15) is 23.1 Å². The number of hydrogen-bond acceptors (Lipinski definition) is 6. The molecule has 2 unspecified atom stereocenters. The van der Waals surface area contributed by atoms with Crippen LogP contribution in [0.5, 0.6) is 11.5 Å². The monoisotopic (exact) mass is 594 g/mol. The molecule has 3 aromatic carbocycles. The van der Waals surface area contributed by atoms with Gasteiger partial charge >= 0.3 is 12.0 Å². The van der Waals surface area contributed by atoms with Gasteiger partial charge in [0.15, 0.2) is 0 Å². The molecular formula is C31H38N4O6S. The molecule has 42 heavy (non-hydrogen) atoms. The van der Waals surface area contributed by atoms with Crippen LogP contribution >= 0.6 is 0 Å². The average Bonchev–Trinajstić information content (AvgIpc) is 2.94. The van der Waals surface area contributed by atoms with Crippen LogP contribution < -0.4 is 20.1 Å². The van der Waals surface area contributed by atoms with Gasteiger partial charge in [0.25, 0.3) is 0 Å². The molecule has 1 aliphatic rings. The lowest BCUT2D eigenvalue weighted by molar-refractivity contribution is 0.0698. The summed E-state index contributed by atoms with van der Waals surface area (Å²) in [7, 11) is -3.33. The Bertz CT molecular complexity index is 1460. The maximum atomic E-state index is 12.7. The number of carboxylic acids is 1. The molecule has 4 rings (SSSR count). The van der Waals surface area contributed by atoms with Crippen molar-refractivity contribution in [3.8, 4) is 11.5 Å². The zero-order valence-electron chi connectivity index (χ0n) is 23.9. The van der Waals surface area contributed by atoms with E-state index in [0.29, 0.717) is 23.2 Å². The first-order chi connectivity index (χ1) is 20.1. The van der Waals surface area contributed by atoms with Crippen LogP contribution in [0.15, 0.2) is 72.8 Å². The normalized spacial score (nSPS) is 17.3. The van der Waals surface area contributed by atoms with Crippen molar-refractivity contribution in [2.45, 2.75) is 57.7 Å². The molecule has 0 spiro atoms. The number of unbranched alkanes of at least 4 members (excludes halogenated alkanes) is 1. The number of piperidine rings is 1. The molecule has 3 aromatic rings. The van der Waals surface area contributed by atoms with Crippen LogP contribution in [-0.2, 0) is 16.6 Å². The molecule has 1 fully saturated rings. The third kappa shape index (κ3) is 9.22. The van der Waals surface area contributed by atoms with Crippen molar-refractivity contribution < 1.29 is 27.9 Å². The number of hydrogen-bond donors (Lipinski definition) is 4. The van der Waals surface area contributed by atoms with Crippen LogP contribution in [-0.4, -0.2) is 55.3 Å². The first-order valence-electron chi connectivity index (χ1n) is 14.1. The number of carboxylic acid groups (broad SMARTS) is 1. The highest BCUT2D eigenvalue weighted by atomic mass is 32.2. The highest BCUT2D eigenvalue weighted by Crippen LogP contribution is 2.27. The summed E-state index contributed by atoms with van der Waals surface area (Å²) < 4.78 is 31.1. The van der Waals surface area contributed by atoms with Crippen LogP contribution in [0.2, 0.25) is 0 Å². The summed E-state index contributed by atoms with van der Waals surface area (Å²) in [6, 6.07) is 20.9. The summed E-state index contributed by atoms with van der Waals surface area (Å²) in [4.78, 5) is 26.7. The number of carbonyl (C=O) groups excluding carboxylic acids is 1. The Balaban J connectivity index is 1.32. The molecule has 0 saturated carbocycles. The average molecular weight is 595 g/mol. The van der Waals surface area contributed by atoms with Crippen molar-refractivity contribution in [3.63, 3.8) is 0 Å². The Kier molecular flexibility index (Phi) is 10.4. The van der Waals surface area contributed by atoms with Crippen molar-refractivity contribution >= 4 is 33.4 Å². The minimum atomic E-state index is -3.33. The van der Waals surface area contributed by atoms with E-state index in [1.165, 1.54) is 6.07 Å². The Morgan fingerprint density at radius 1 is 1.00 bits per heavy atom. The predicted octanol–water partition coefficient (Wildman–Crippen LogP) is 5.89. The number of nitrogens with one attached hydrogen (secondary N) is 3. The van der Waals surface area contributed by atoms with E-state index < -0.39 is 22.0 Å². The fraction of sp³-hybridized carbons (Fsp3) is 0.355. The third-order valence-electron chi connectivity index (χ3n) is 7.17. The van der Waals surface area contributed by atoms with Crippen molar-refractivity contribution in [2.24, 2.45) is 0 Å². The standard InChI is InChI=1S/C31H38N4O6S/c1-3-4-7-25-20-24(32-31(38)33-29-9-6-5-8-28(29)30(36)37)18-19-35(25)21-22-10-14-26(15-11-22)41-27-16-12-23(13-17-27)34-42(2,39)40/h5-6,8-17,24-25,34H,3-4,7,18-21H2,1-2H3,(H,36,37)(H2,32,33,38). The number of nitrogens with zero attached hydrogens (tertiary/aromatic N) is 1. The van der Waals surface area contributed by atoms with Crippen LogP contribution in [0.4, 0.5) is 16.2 Å². The van der Waals surface area contributed by atoms with Crippen LogP contribution in [0.1, 0.15) is 54.9 Å². The van der Waals surface area contributed by atoms with E-state index in [1.807, 2.05) is 24.3 Å². The molecule has 11 heteroatoms. The van der Waals surface area contributed by atoms with Gasteiger partial charge in [-0.1, -0.05) is 44.0 Å². The minimum absolute atomic E-state index is 0.00473. The molecule has 2 atom stereocenters. The topological polar surface area (TPSA) is 137 Å². The second-order valence-corrected chi connectivity index (χ2v) is 12.3. The molecule has 0 radical (unpaired) electrons. The lowest BCUT2D eigenvalue weighted by Gasteiger charge is -2.40. The molecule has 4 N–H and O–H groups in total. The molecule has 1 heterocycles. The van der Waals surface area contributed by atoms with Crippen molar-refractivity contribution in [1.82, 2.24) is 10.2 Å². The molecule has 224 valence electrons. The van der Waals surface area contributed by atoms with Gasteiger partial charge in [-0.15, -0.1) is 0 Å². The van der Waals surface area contributed by atoms with E-state index in [1.54, 1.807) is 42.5 Å². The predicted molar refractivity (Wildman–Crippen MR) is 164 cm³/mol. The molecule has 1 saturated heterocycles. The maximum Gasteiger partial charge on any atom is 0.337 e. The number of amides is 2. The Morgan fingerprint density at radius 2 is 1.67 bits per heavy atom. The van der Waals surface area contributed by atoms with Gasteiger partial charge in [-0.25, -0.2) is 18.0 Å². The van der Waals surface area contributed by atoms with E-state index in [2.05, 4.69) is 27.2 Å². The fourth-order valence-electron chi connectivity index (χ4n) is 5.14. The number of para-hydroxylation sites is 1. The second-order valence-electron chi connectivity index (χ2n) is 10.6. The van der Waals surface area contributed by atoms with Crippen molar-refractivity contribution in [2.75, 3.05) is 22.8 Å². The smallest absolute Gasteiger partial charge is 0.337 e. The number of benzene rings is 3. The molecule has 0 aliphatic carbocycles. The summed E-state index contributed by atoms with van der Waals surface area (Å²) in [6.07, 6.45) is 5.93. The number of urea groups is 1. The number of likely N-dealkylation sites (tertiary alicyclic amines) is 1. The van der Waals surface area contributed by atoms with E-state index in [-0.39, 0.29) is 17.3 Å². The highest BCUT2D eigenvalue weighted by molar-refractivity contribution is 7.92. The van der Waals surface area contributed by atoms with Crippen LogP contribution in [0.25, 0.3) is 0 Å². The number of sulfonamides is 1. The van der Waals surface area contributed by atoms with Gasteiger partial charge < -0.3 is 20.5 Å². The Labute approximate surface area is 247 Å². The van der Waals surface area contributed by atoms with Gasteiger partial charge in [0.05, 0.1) is 17.5 Å². The zero-order valence-corrected chi connectivity index (χ0v) is 24.7. The lowest BCUT2D eigenvalue weighted by atomic mass is 9.93. The summed E-state index contributed by atoms with van der Waals surface area (Å²) in [5.74, 6) is 0.201. The number of ether oxygens (including phenoxy) is 1. The molecule has 0 aromatic heterocycles. The number of aromatic carboxylic acids is 1. The summed E-state index contributed by atoms with van der Waals surface area (Å²) in [6.45, 7) is 3.79. The summed E-state index contributed by atoms with van der Waals surface area (Å²) in [5.41, 5.74) is 1.96. The Hall–Kier alpha value is -4.09. The quantitative estimate of drug-likeness (QED) is 0.205. The molecule has 10 nitrogen and oxygen atoms in total. The fourth-order valence-corrected chi connectivity index (χ4v) is 5.70. The lowest BCUT2D eigenvalue weighted by Crippen LogP contribution is -2.50. The van der Waals surface area contributed by atoms with Crippen LogP contribution in [0.3, 0.4) is 0 Å². The van der Waals surface area contributed by atoms with Gasteiger partial charge in [-0.3, -0.25) is 9.62 Å². The van der Waals surface area contributed by atoms with Gasteiger partial charge in [-0.05, 0) is 73.4 Å². The van der Waals surface area contributed by atoms with Gasteiger partial charge in [0.2, 0.25) is 10.0 Å². The molecular weight excluding hydrogens is 556 g/mol. The second kappa shape index (κ2) is 14.2. The van der Waals surface area contributed by atoms with Crippen LogP contribution in [0, 0.1) is 0 Å². The number of carbonyl (C=O) groups is 2. The van der Waals surface area contributed by atoms with Gasteiger partial charge in [0, 0.05) is 30.9 Å². The Morgan fingerprint density at radius 3 is 2.31 bits per heavy atom. The number of anilines is 2. The van der Waals surface area contributed by atoms with Gasteiger partial charge in [0.1, 0.15) is 11.5 Å². The van der Waals surface area contributed by atoms with Crippen molar-refractivity contribution in [1.29, 1.82) is 0 Å². The first-order valence-corrected chi connectivity index (χ1v) is 16.0. The summed E-state index contributed by atoms with van der Waals surface area (Å²) in [5, 5.41) is 15.1. The van der Waals surface area contributed by atoms with E-state index in [4.69, 9.17) is 4.74 Å². The number of rotatable bonds is 12. The SMILES string of the molecule is CCCCC1CC(NC(=O)Nc2ccccc2C(=O)O)CCN1Cc1ccc(Oc2ccc(NS(C)(=O)=O)cc2)cc1. The molecule has 2 amide bonds. The first kappa shape index (κ1) is 30.9. The minimum Gasteiger partial charge on any atom is -0.478 e.